The monoisotopic (exact) mass is 220 g/mol. The van der Waals surface area contributed by atoms with Gasteiger partial charge in [0.1, 0.15) is 5.56 Å². The number of nitrogens with two attached hydrogens (primary N) is 2. The number of nitrogens with zero attached hydrogens (tertiary/aromatic N) is 2. The molecular formula is C11H16N4O. The molecular weight excluding hydrogens is 204 g/mol. The molecule has 0 fully saturated rings. The van der Waals surface area contributed by atoms with E-state index in [0.717, 1.165) is 6.42 Å². The van der Waals surface area contributed by atoms with Crippen LogP contribution in [-0.4, -0.2) is 15.7 Å². The summed E-state index contributed by atoms with van der Waals surface area (Å²) in [6.07, 6.45) is 8.43. The van der Waals surface area contributed by atoms with Crippen LogP contribution in [0.25, 0.3) is 6.20 Å². The van der Waals surface area contributed by atoms with E-state index in [4.69, 9.17) is 11.5 Å². The molecule has 4 N–H and O–H groups in total. The van der Waals surface area contributed by atoms with Crippen LogP contribution in [0.3, 0.4) is 0 Å². The molecule has 1 heterocycles. The van der Waals surface area contributed by atoms with Crippen molar-refractivity contribution >= 4 is 17.9 Å². The van der Waals surface area contributed by atoms with Gasteiger partial charge in [0, 0.05) is 6.20 Å². The number of carbonyl (C=O) groups excluding carboxylic acids is 1. The number of hydrogen-bond donors (Lipinski definition) is 2. The van der Waals surface area contributed by atoms with Crippen molar-refractivity contribution in [2.45, 2.75) is 20.3 Å². The first-order valence-corrected chi connectivity index (χ1v) is 5.05. The predicted octanol–water partition coefficient (Wildman–Crippen LogP) is 1.31. The third-order valence-electron chi connectivity index (χ3n) is 2.13. The molecule has 0 unspecified atom stereocenters. The average Bonchev–Trinajstić information content (AvgIpc) is 2.49. The van der Waals surface area contributed by atoms with E-state index >= 15 is 0 Å². The van der Waals surface area contributed by atoms with E-state index in [1.54, 1.807) is 13.1 Å². The molecule has 86 valence electrons. The molecule has 0 aliphatic carbocycles. The lowest BCUT2D eigenvalue weighted by molar-refractivity contribution is 0.100. The van der Waals surface area contributed by atoms with Gasteiger partial charge in [0.05, 0.1) is 5.69 Å². The van der Waals surface area contributed by atoms with E-state index in [-0.39, 0.29) is 11.4 Å². The third-order valence-corrected chi connectivity index (χ3v) is 2.13. The highest BCUT2D eigenvalue weighted by molar-refractivity contribution is 5.98. The standard InChI is InChI=1S/C11H16N4O/c1-3-4-5-6-7-15-8(2)9(11(13)16)10(12)14-15/h4-7H,3H2,1-2H3,(H2,12,14)(H2,13,16)/b5-4+,7-6-. The number of rotatable bonds is 4. The van der Waals surface area contributed by atoms with Gasteiger partial charge in [0.15, 0.2) is 5.82 Å². The van der Waals surface area contributed by atoms with Crippen molar-refractivity contribution in [2.24, 2.45) is 5.73 Å². The van der Waals surface area contributed by atoms with E-state index in [1.165, 1.54) is 4.68 Å². The summed E-state index contributed by atoms with van der Waals surface area (Å²) in [5, 5.41) is 4.00. The van der Waals surface area contributed by atoms with E-state index < -0.39 is 5.91 Å². The van der Waals surface area contributed by atoms with Crippen molar-refractivity contribution in [3.8, 4) is 0 Å². The minimum Gasteiger partial charge on any atom is -0.382 e. The van der Waals surface area contributed by atoms with E-state index in [9.17, 15) is 4.79 Å². The summed E-state index contributed by atoms with van der Waals surface area (Å²) >= 11 is 0. The van der Waals surface area contributed by atoms with Gasteiger partial charge in [-0.1, -0.05) is 19.1 Å². The molecule has 5 heteroatoms. The highest BCUT2D eigenvalue weighted by Gasteiger charge is 2.15. The predicted molar refractivity (Wildman–Crippen MR) is 64.7 cm³/mol. The fourth-order valence-corrected chi connectivity index (χ4v) is 1.34. The maximum atomic E-state index is 11.1. The zero-order valence-electron chi connectivity index (χ0n) is 9.47. The van der Waals surface area contributed by atoms with Crippen LogP contribution in [0, 0.1) is 6.92 Å². The Labute approximate surface area is 94.4 Å². The summed E-state index contributed by atoms with van der Waals surface area (Å²) in [4.78, 5) is 11.1. The molecule has 0 aliphatic heterocycles. The highest BCUT2D eigenvalue weighted by Crippen LogP contribution is 2.14. The Hall–Kier alpha value is -2.04. The fourth-order valence-electron chi connectivity index (χ4n) is 1.34. The molecule has 0 saturated carbocycles. The lowest BCUT2D eigenvalue weighted by atomic mass is 10.2. The zero-order valence-corrected chi connectivity index (χ0v) is 9.47. The van der Waals surface area contributed by atoms with Crippen molar-refractivity contribution in [3.63, 3.8) is 0 Å². The van der Waals surface area contributed by atoms with Gasteiger partial charge in [-0.3, -0.25) is 4.79 Å². The normalized spacial score (nSPS) is 11.6. The molecule has 0 aromatic carbocycles. The summed E-state index contributed by atoms with van der Waals surface area (Å²) in [7, 11) is 0. The smallest absolute Gasteiger partial charge is 0.254 e. The van der Waals surface area contributed by atoms with E-state index in [0.29, 0.717) is 5.69 Å². The summed E-state index contributed by atoms with van der Waals surface area (Å²) in [6, 6.07) is 0. The summed E-state index contributed by atoms with van der Waals surface area (Å²) < 4.78 is 1.54. The molecule has 0 saturated heterocycles. The topological polar surface area (TPSA) is 86.9 Å². The van der Waals surface area contributed by atoms with Crippen molar-refractivity contribution in [1.29, 1.82) is 0 Å². The number of carbonyl (C=O) groups is 1. The summed E-state index contributed by atoms with van der Waals surface area (Å²) in [6.45, 7) is 3.80. The molecule has 1 amide bonds. The number of allylic oxidation sites excluding steroid dienone is 3. The van der Waals surface area contributed by atoms with Crippen LogP contribution in [-0.2, 0) is 0 Å². The lowest BCUT2D eigenvalue weighted by Crippen LogP contribution is -2.13. The Balaban J connectivity index is 2.99. The maximum Gasteiger partial charge on any atom is 0.254 e. The minimum absolute atomic E-state index is 0.161. The zero-order chi connectivity index (χ0) is 12.1. The number of hydrogen-bond acceptors (Lipinski definition) is 3. The van der Waals surface area contributed by atoms with Crippen LogP contribution in [0.2, 0.25) is 0 Å². The van der Waals surface area contributed by atoms with E-state index in [2.05, 4.69) is 5.10 Å². The van der Waals surface area contributed by atoms with Gasteiger partial charge in [-0.15, -0.1) is 0 Å². The fraction of sp³-hybridized carbons (Fsp3) is 0.273. The average molecular weight is 220 g/mol. The van der Waals surface area contributed by atoms with Crippen LogP contribution in [0.4, 0.5) is 5.82 Å². The van der Waals surface area contributed by atoms with Crippen molar-refractivity contribution in [3.05, 3.63) is 29.5 Å². The molecule has 5 nitrogen and oxygen atoms in total. The maximum absolute atomic E-state index is 11.1. The van der Waals surface area contributed by atoms with Gasteiger partial charge >= 0.3 is 0 Å². The van der Waals surface area contributed by atoms with Crippen molar-refractivity contribution < 1.29 is 4.79 Å². The summed E-state index contributed by atoms with van der Waals surface area (Å²) in [5.74, 6) is -0.395. The van der Waals surface area contributed by atoms with Gasteiger partial charge in [0.2, 0.25) is 0 Å². The Morgan fingerprint density at radius 2 is 2.19 bits per heavy atom. The first kappa shape index (κ1) is 12.0. The van der Waals surface area contributed by atoms with Crippen LogP contribution in [0.1, 0.15) is 29.4 Å². The highest BCUT2D eigenvalue weighted by atomic mass is 16.1. The first-order valence-electron chi connectivity index (χ1n) is 5.05. The molecule has 1 aromatic heterocycles. The second-order valence-corrected chi connectivity index (χ2v) is 3.33. The Morgan fingerprint density at radius 1 is 1.50 bits per heavy atom. The Kier molecular flexibility index (Phi) is 3.88. The number of nitrogen functional groups attached to an aromatic ring is 1. The Bertz CT molecular complexity index is 443. The molecule has 0 spiro atoms. The molecule has 0 radical (unpaired) electrons. The SMILES string of the molecule is CC/C=C/C=C\n1nc(N)c(C(N)=O)c1C. The van der Waals surface area contributed by atoms with Crippen LogP contribution in [0.15, 0.2) is 18.2 Å². The number of primary amides is 1. The Morgan fingerprint density at radius 3 is 2.69 bits per heavy atom. The lowest BCUT2D eigenvalue weighted by Gasteiger charge is -1.95. The van der Waals surface area contributed by atoms with Crippen molar-refractivity contribution in [2.75, 3.05) is 5.73 Å². The third kappa shape index (κ3) is 2.50. The van der Waals surface area contributed by atoms with Crippen LogP contribution >= 0.6 is 0 Å². The molecule has 0 aliphatic rings. The minimum atomic E-state index is -0.557. The van der Waals surface area contributed by atoms with Crippen molar-refractivity contribution in [1.82, 2.24) is 9.78 Å². The molecule has 1 rings (SSSR count). The molecule has 16 heavy (non-hydrogen) atoms. The second kappa shape index (κ2) is 5.16. The van der Waals surface area contributed by atoms with Gasteiger partial charge in [-0.2, -0.15) is 5.10 Å². The molecule has 0 atom stereocenters. The number of amides is 1. The van der Waals surface area contributed by atoms with Gasteiger partial charge in [0.25, 0.3) is 5.91 Å². The number of anilines is 1. The largest absolute Gasteiger partial charge is 0.382 e. The quantitative estimate of drug-likeness (QED) is 0.750. The van der Waals surface area contributed by atoms with E-state index in [1.807, 2.05) is 25.2 Å². The molecule has 1 aromatic rings. The van der Waals surface area contributed by atoms with Crippen LogP contribution < -0.4 is 11.5 Å². The summed E-state index contributed by atoms with van der Waals surface area (Å²) in [5.41, 5.74) is 11.7. The molecule has 0 bridgehead atoms. The number of aromatic nitrogens is 2. The first-order chi connectivity index (χ1) is 7.57. The van der Waals surface area contributed by atoms with Gasteiger partial charge in [-0.05, 0) is 19.4 Å². The van der Waals surface area contributed by atoms with Crippen LogP contribution in [0.5, 0.6) is 0 Å². The second-order valence-electron chi connectivity index (χ2n) is 3.33. The van der Waals surface area contributed by atoms with Gasteiger partial charge in [-0.25, -0.2) is 4.68 Å². The van der Waals surface area contributed by atoms with Gasteiger partial charge < -0.3 is 11.5 Å².